The fourth-order valence-corrected chi connectivity index (χ4v) is 7.08. The van der Waals surface area contributed by atoms with E-state index in [2.05, 4.69) is 39.8 Å². The summed E-state index contributed by atoms with van der Waals surface area (Å²) in [4.78, 5) is 9.91. The number of hydrogen-bond acceptors (Lipinski definition) is 3. The first-order valence-corrected chi connectivity index (χ1v) is 16.7. The van der Waals surface area contributed by atoms with Crippen LogP contribution in [0.2, 0.25) is 0 Å². The zero-order valence-electron chi connectivity index (χ0n) is 25.6. The first kappa shape index (κ1) is 30.1. The van der Waals surface area contributed by atoms with Gasteiger partial charge in [0.1, 0.15) is 11.5 Å². The molecule has 0 bridgehead atoms. The molecule has 3 heteroatoms. The first-order valence-electron chi connectivity index (χ1n) is 16.7. The van der Waals surface area contributed by atoms with Crippen LogP contribution in [0.5, 0.6) is 11.5 Å². The Morgan fingerprint density at radius 2 is 0.974 bits per heavy atom. The predicted octanol–water partition coefficient (Wildman–Crippen LogP) is 10.5. The molecule has 39 heavy (non-hydrogen) atoms. The highest BCUT2D eigenvalue weighted by Crippen LogP contribution is 2.36. The van der Waals surface area contributed by atoms with Crippen molar-refractivity contribution in [2.24, 2.45) is 23.7 Å². The minimum atomic E-state index is 0.791. The van der Waals surface area contributed by atoms with Crippen molar-refractivity contribution in [2.75, 3.05) is 0 Å². The lowest BCUT2D eigenvalue weighted by atomic mass is 9.78. The summed E-state index contributed by atoms with van der Waals surface area (Å²) in [6.07, 6.45) is 26.9. The third kappa shape index (κ3) is 9.05. The Morgan fingerprint density at radius 3 is 1.33 bits per heavy atom. The highest BCUT2D eigenvalue weighted by Gasteiger charge is 2.23. The van der Waals surface area contributed by atoms with E-state index >= 15 is 0 Å². The predicted molar refractivity (Wildman–Crippen MR) is 165 cm³/mol. The van der Waals surface area contributed by atoms with E-state index < -0.39 is 0 Å². The van der Waals surface area contributed by atoms with Crippen LogP contribution in [0.1, 0.15) is 140 Å². The highest BCUT2D eigenvalue weighted by atomic mass is 16.5. The molecule has 0 N–H and O–H groups in total. The Labute approximate surface area is 240 Å². The maximum absolute atomic E-state index is 6.50. The van der Waals surface area contributed by atoms with Gasteiger partial charge in [0.15, 0.2) is 0 Å². The van der Waals surface area contributed by atoms with Crippen LogP contribution in [-0.4, -0.2) is 9.97 Å². The Morgan fingerprint density at radius 1 is 0.590 bits per heavy atom. The summed E-state index contributed by atoms with van der Waals surface area (Å²) < 4.78 is 6.50. The van der Waals surface area contributed by atoms with Crippen LogP contribution in [0.3, 0.4) is 0 Å². The molecule has 0 aromatic carbocycles. The molecule has 0 saturated heterocycles. The van der Waals surface area contributed by atoms with Gasteiger partial charge < -0.3 is 4.74 Å². The minimum absolute atomic E-state index is 0.791. The van der Waals surface area contributed by atoms with E-state index in [9.17, 15) is 0 Å². The van der Waals surface area contributed by atoms with Gasteiger partial charge in [0.25, 0.3) is 0 Å². The molecule has 3 nitrogen and oxygen atoms in total. The molecule has 0 radical (unpaired) electrons. The van der Waals surface area contributed by atoms with Gasteiger partial charge in [-0.15, -0.1) is 0 Å². The molecule has 2 aliphatic rings. The second-order valence-electron chi connectivity index (χ2n) is 12.9. The van der Waals surface area contributed by atoms with E-state index in [1.165, 1.54) is 112 Å². The summed E-state index contributed by atoms with van der Waals surface area (Å²) in [5, 5.41) is 0. The molecular weight excluding hydrogens is 476 g/mol. The van der Waals surface area contributed by atoms with E-state index in [1.54, 1.807) is 0 Å². The van der Waals surface area contributed by atoms with E-state index in [4.69, 9.17) is 14.7 Å². The molecule has 2 saturated carbocycles. The minimum Gasteiger partial charge on any atom is -0.454 e. The molecule has 0 atom stereocenters. The van der Waals surface area contributed by atoms with Gasteiger partial charge in [-0.05, 0) is 111 Å². The average Bonchev–Trinajstić information content (AvgIpc) is 2.97. The van der Waals surface area contributed by atoms with Gasteiger partial charge in [-0.25, -0.2) is 0 Å². The zero-order chi connectivity index (χ0) is 27.5. The average molecular weight is 533 g/mol. The molecular formula is C36H56N2O. The van der Waals surface area contributed by atoms with Gasteiger partial charge >= 0.3 is 0 Å². The Kier molecular flexibility index (Phi) is 12.2. The monoisotopic (exact) mass is 532 g/mol. The molecule has 216 valence electrons. The third-order valence-corrected chi connectivity index (χ3v) is 9.94. The van der Waals surface area contributed by atoms with E-state index in [0.717, 1.165) is 60.9 Å². The molecule has 0 spiro atoms. The van der Waals surface area contributed by atoms with Crippen LogP contribution in [0.4, 0.5) is 0 Å². The second kappa shape index (κ2) is 15.8. The van der Waals surface area contributed by atoms with Crippen LogP contribution in [0.25, 0.3) is 0 Å². The van der Waals surface area contributed by atoms with Gasteiger partial charge in [0, 0.05) is 11.4 Å². The zero-order valence-corrected chi connectivity index (χ0v) is 25.6. The Bertz CT molecular complexity index is 906. The number of pyridine rings is 2. The molecule has 2 aromatic rings. The lowest BCUT2D eigenvalue weighted by Gasteiger charge is -2.28. The van der Waals surface area contributed by atoms with Crippen LogP contribution >= 0.6 is 0 Å². The molecule has 0 aliphatic heterocycles. The maximum atomic E-state index is 6.50. The third-order valence-electron chi connectivity index (χ3n) is 9.94. The second-order valence-corrected chi connectivity index (χ2v) is 12.9. The van der Waals surface area contributed by atoms with Crippen molar-refractivity contribution in [3.63, 3.8) is 0 Å². The number of rotatable bonds is 14. The number of unbranched alkanes of at least 4 members (excludes halogenated alkanes) is 2. The molecule has 2 heterocycles. The van der Waals surface area contributed by atoms with E-state index in [1.807, 2.05) is 12.4 Å². The number of aryl methyl sites for hydroxylation is 2. The van der Waals surface area contributed by atoms with Gasteiger partial charge in [0.05, 0.1) is 12.4 Å². The smallest absolute Gasteiger partial charge is 0.146 e. The van der Waals surface area contributed by atoms with Gasteiger partial charge in [-0.2, -0.15) is 0 Å². The van der Waals surface area contributed by atoms with Crippen molar-refractivity contribution in [3.8, 4) is 11.5 Å². The normalized spacial score (nSPS) is 23.6. The molecule has 2 fully saturated rings. The van der Waals surface area contributed by atoms with Crippen LogP contribution in [-0.2, 0) is 25.7 Å². The Hall–Kier alpha value is -1.90. The summed E-state index contributed by atoms with van der Waals surface area (Å²) in [5.74, 6) is 5.22. The van der Waals surface area contributed by atoms with Gasteiger partial charge in [0.2, 0.25) is 0 Å². The van der Waals surface area contributed by atoms with Crippen molar-refractivity contribution in [2.45, 2.75) is 143 Å². The maximum Gasteiger partial charge on any atom is 0.146 e. The molecule has 2 aliphatic carbocycles. The van der Waals surface area contributed by atoms with Crippen molar-refractivity contribution >= 4 is 0 Å². The van der Waals surface area contributed by atoms with Crippen molar-refractivity contribution in [1.29, 1.82) is 0 Å². The largest absolute Gasteiger partial charge is 0.454 e. The quantitative estimate of drug-likeness (QED) is 0.243. The summed E-state index contributed by atoms with van der Waals surface area (Å²) >= 11 is 0. The summed E-state index contributed by atoms with van der Waals surface area (Å²) in [7, 11) is 0. The summed E-state index contributed by atoms with van der Waals surface area (Å²) in [6, 6.07) is 4.61. The summed E-state index contributed by atoms with van der Waals surface area (Å²) in [6.45, 7) is 9.25. The molecule has 2 aromatic heterocycles. The van der Waals surface area contributed by atoms with Gasteiger partial charge in [-0.1, -0.05) is 79.1 Å². The lowest BCUT2D eigenvalue weighted by molar-refractivity contribution is 0.267. The number of nitrogens with zero attached hydrogens (tertiary/aromatic N) is 2. The molecule has 0 unspecified atom stereocenters. The molecule has 4 rings (SSSR count). The fraction of sp³-hybridized carbons (Fsp3) is 0.722. The van der Waals surface area contributed by atoms with Crippen molar-refractivity contribution in [1.82, 2.24) is 9.97 Å². The number of ether oxygens (including phenoxy) is 1. The van der Waals surface area contributed by atoms with Gasteiger partial charge in [-0.3, -0.25) is 9.97 Å². The number of hydrogen-bond donors (Lipinski definition) is 0. The fourth-order valence-electron chi connectivity index (χ4n) is 7.08. The Balaban J connectivity index is 1.49. The first-order chi connectivity index (χ1) is 19.1. The van der Waals surface area contributed by atoms with Crippen molar-refractivity contribution in [3.05, 3.63) is 47.0 Å². The van der Waals surface area contributed by atoms with E-state index in [0.29, 0.717) is 0 Å². The lowest BCUT2D eigenvalue weighted by Crippen LogP contribution is -2.17. The molecule has 0 amide bonds. The van der Waals surface area contributed by atoms with Crippen LogP contribution < -0.4 is 4.74 Å². The summed E-state index contributed by atoms with van der Waals surface area (Å²) in [5.41, 5.74) is 5.42. The van der Waals surface area contributed by atoms with Crippen LogP contribution in [0, 0.1) is 23.7 Å². The highest BCUT2D eigenvalue weighted by molar-refractivity contribution is 5.36. The van der Waals surface area contributed by atoms with Crippen molar-refractivity contribution < 1.29 is 4.74 Å². The number of aromatic nitrogens is 2. The topological polar surface area (TPSA) is 35.0 Å². The van der Waals surface area contributed by atoms with Crippen LogP contribution in [0.15, 0.2) is 24.5 Å². The van der Waals surface area contributed by atoms with E-state index in [-0.39, 0.29) is 0 Å². The SMILES string of the molecule is CCCCc1ncc(Oc2cnc(CCCC)c(CC3CCC(CC)CC3)c2)cc1CC1CCC(CC)CC1. The standard InChI is InChI=1S/C36H56N2O/c1-5-9-11-35-31(21-29-17-13-27(7-3)14-18-29)23-33(25-37-35)39-34-24-32(36(38-26-34)12-10-6-2)22-30-19-15-28(8-4)16-20-30/h23-30H,5-22H2,1-4H3.